The smallest absolute Gasteiger partial charge is 0.282 e. The predicted molar refractivity (Wildman–Crippen MR) is 111 cm³/mol. The molecule has 0 atom stereocenters. The molecule has 0 saturated heterocycles. The number of nitrogens with zero attached hydrogens (tertiary/aromatic N) is 4. The highest BCUT2D eigenvalue weighted by Gasteiger charge is 2.16. The van der Waals surface area contributed by atoms with E-state index < -0.39 is 4.92 Å². The molecule has 0 aliphatic heterocycles. The van der Waals surface area contributed by atoms with E-state index in [4.69, 9.17) is 11.6 Å². The Hall–Kier alpha value is -2.95. The van der Waals surface area contributed by atoms with Gasteiger partial charge in [-0.25, -0.2) is 4.39 Å². The lowest BCUT2D eigenvalue weighted by Crippen LogP contribution is -2.22. The van der Waals surface area contributed by atoms with Crippen LogP contribution in [-0.4, -0.2) is 33.0 Å². The molecule has 2 aromatic carbocycles. The molecule has 0 aliphatic carbocycles. The number of nitrogens with one attached hydrogen (secondary N) is 1. The summed E-state index contributed by atoms with van der Waals surface area (Å²) in [6.07, 6.45) is 0. The summed E-state index contributed by atoms with van der Waals surface area (Å²) < 4.78 is 12.9. The van der Waals surface area contributed by atoms with E-state index in [-0.39, 0.29) is 29.0 Å². The van der Waals surface area contributed by atoms with Crippen molar-refractivity contribution in [2.24, 2.45) is 0 Å². The van der Waals surface area contributed by atoms with Crippen LogP contribution in [0.1, 0.15) is 25.9 Å². The number of amides is 1. The fraction of sp³-hybridized carbons (Fsp3) is 0.211. The maximum Gasteiger partial charge on any atom is 0.282 e. The Morgan fingerprint density at radius 2 is 1.97 bits per heavy atom. The molecule has 3 aromatic rings. The zero-order chi connectivity index (χ0) is 21.7. The zero-order valence-electron chi connectivity index (χ0n) is 15.8. The Balaban J connectivity index is 1.57. The molecule has 0 saturated carbocycles. The number of nitro groups is 1. The van der Waals surface area contributed by atoms with E-state index in [2.05, 4.69) is 15.5 Å². The maximum absolute atomic E-state index is 12.9. The third-order valence-electron chi connectivity index (χ3n) is 4.11. The monoisotopic (exact) mass is 449 g/mol. The molecule has 0 aliphatic rings. The molecule has 1 heterocycles. The highest BCUT2D eigenvalue weighted by molar-refractivity contribution is 7.13. The van der Waals surface area contributed by atoms with Gasteiger partial charge in [-0.1, -0.05) is 35.1 Å². The molecule has 30 heavy (non-hydrogen) atoms. The van der Waals surface area contributed by atoms with Crippen LogP contribution >= 0.6 is 22.9 Å². The number of benzene rings is 2. The van der Waals surface area contributed by atoms with Gasteiger partial charge in [0.25, 0.3) is 11.6 Å². The Bertz CT molecular complexity index is 1060. The summed E-state index contributed by atoms with van der Waals surface area (Å²) in [7, 11) is 1.81. The summed E-state index contributed by atoms with van der Waals surface area (Å²) in [5.41, 5.74) is 1.36. The quantitative estimate of drug-likeness (QED) is 0.414. The summed E-state index contributed by atoms with van der Waals surface area (Å²) in [4.78, 5) is 24.6. The third-order valence-corrected chi connectivity index (χ3v) is 5.39. The number of hydrogen-bond donors (Lipinski definition) is 1. The number of carbonyl (C=O) groups is 1. The van der Waals surface area contributed by atoms with Crippen LogP contribution in [0.3, 0.4) is 0 Å². The first kappa shape index (κ1) is 21.8. The van der Waals surface area contributed by atoms with Gasteiger partial charge in [0, 0.05) is 30.2 Å². The van der Waals surface area contributed by atoms with Crippen LogP contribution in [-0.2, 0) is 19.6 Å². The van der Waals surface area contributed by atoms with Crippen LogP contribution in [0, 0.1) is 15.9 Å². The second-order valence-electron chi connectivity index (χ2n) is 6.52. The fourth-order valence-electron chi connectivity index (χ4n) is 2.64. The molecule has 3 rings (SSSR count). The molecule has 0 fully saturated rings. The number of rotatable bonds is 8. The van der Waals surface area contributed by atoms with Crippen molar-refractivity contribution in [3.8, 4) is 0 Å². The van der Waals surface area contributed by atoms with Crippen molar-refractivity contribution in [2.75, 3.05) is 7.05 Å². The van der Waals surface area contributed by atoms with Crippen molar-refractivity contribution in [1.82, 2.24) is 20.4 Å². The number of carbonyl (C=O) groups excluding carboxylic acids is 1. The topological polar surface area (TPSA) is 101 Å². The van der Waals surface area contributed by atoms with Gasteiger partial charge in [-0.3, -0.25) is 19.8 Å². The van der Waals surface area contributed by atoms with E-state index in [9.17, 15) is 19.3 Å². The van der Waals surface area contributed by atoms with E-state index in [0.29, 0.717) is 28.7 Å². The van der Waals surface area contributed by atoms with Crippen molar-refractivity contribution >= 4 is 34.5 Å². The summed E-state index contributed by atoms with van der Waals surface area (Å²) in [5.74, 6) is -0.707. The molecule has 0 radical (unpaired) electrons. The standard InChI is InChI=1S/C19H17ClFN5O3S/c1-25(10-13-8-15(26(28)29)6-7-16(13)20)11-17-23-24-19(30-17)18(27)22-9-12-2-4-14(21)5-3-12/h2-8H,9-11H2,1H3,(H,22,27). The van der Waals surface area contributed by atoms with E-state index in [1.54, 1.807) is 12.1 Å². The molecule has 8 nitrogen and oxygen atoms in total. The number of halogens is 2. The first-order valence-corrected chi connectivity index (χ1v) is 9.97. The van der Waals surface area contributed by atoms with Gasteiger partial charge in [0.15, 0.2) is 0 Å². The van der Waals surface area contributed by atoms with E-state index in [1.165, 1.54) is 30.3 Å². The zero-order valence-corrected chi connectivity index (χ0v) is 17.4. The van der Waals surface area contributed by atoms with Crippen LogP contribution < -0.4 is 5.32 Å². The summed E-state index contributed by atoms with van der Waals surface area (Å²) >= 11 is 7.29. The van der Waals surface area contributed by atoms with Crippen molar-refractivity contribution < 1.29 is 14.1 Å². The molecule has 0 bridgehead atoms. The Labute approximate surface area is 180 Å². The summed E-state index contributed by atoms with van der Waals surface area (Å²) in [6.45, 7) is 1.01. The van der Waals surface area contributed by atoms with Crippen LogP contribution in [0.15, 0.2) is 42.5 Å². The fourth-order valence-corrected chi connectivity index (χ4v) is 3.66. The minimum atomic E-state index is -0.471. The second-order valence-corrected chi connectivity index (χ2v) is 7.98. The van der Waals surface area contributed by atoms with Gasteiger partial charge in [0.2, 0.25) is 5.01 Å². The summed E-state index contributed by atoms with van der Waals surface area (Å²) in [5, 5.41) is 22.9. The number of aromatic nitrogens is 2. The van der Waals surface area contributed by atoms with Gasteiger partial charge in [-0.2, -0.15) is 0 Å². The Morgan fingerprint density at radius 3 is 2.67 bits per heavy atom. The van der Waals surface area contributed by atoms with Crippen LogP contribution in [0.5, 0.6) is 0 Å². The number of non-ortho nitro benzene ring substituents is 1. The van der Waals surface area contributed by atoms with Crippen LogP contribution in [0.4, 0.5) is 10.1 Å². The first-order valence-electron chi connectivity index (χ1n) is 8.78. The lowest BCUT2D eigenvalue weighted by atomic mass is 10.2. The molecular formula is C19H17ClFN5O3S. The van der Waals surface area contributed by atoms with Gasteiger partial charge < -0.3 is 5.32 Å². The average Bonchev–Trinajstić information content (AvgIpc) is 3.17. The molecule has 1 aromatic heterocycles. The lowest BCUT2D eigenvalue weighted by Gasteiger charge is -2.15. The van der Waals surface area contributed by atoms with Crippen LogP contribution in [0.25, 0.3) is 0 Å². The molecule has 1 N–H and O–H groups in total. The van der Waals surface area contributed by atoms with E-state index >= 15 is 0 Å². The third kappa shape index (κ3) is 5.78. The van der Waals surface area contributed by atoms with Crippen molar-refractivity contribution in [2.45, 2.75) is 19.6 Å². The second kappa shape index (κ2) is 9.70. The SMILES string of the molecule is CN(Cc1nnc(C(=O)NCc2ccc(F)cc2)s1)Cc1cc([N+](=O)[O-])ccc1Cl. The Morgan fingerprint density at radius 1 is 1.23 bits per heavy atom. The minimum absolute atomic E-state index is 0.0289. The van der Waals surface area contributed by atoms with Gasteiger partial charge in [0.1, 0.15) is 10.8 Å². The normalized spacial score (nSPS) is 10.9. The highest BCUT2D eigenvalue weighted by Crippen LogP contribution is 2.24. The lowest BCUT2D eigenvalue weighted by molar-refractivity contribution is -0.384. The molecular weight excluding hydrogens is 433 g/mol. The van der Waals surface area contributed by atoms with E-state index in [0.717, 1.165) is 16.9 Å². The minimum Gasteiger partial charge on any atom is -0.346 e. The molecule has 0 spiro atoms. The number of nitro benzene ring substituents is 1. The van der Waals surface area contributed by atoms with Gasteiger partial charge in [-0.15, -0.1) is 10.2 Å². The average molecular weight is 450 g/mol. The largest absolute Gasteiger partial charge is 0.346 e. The number of hydrogen-bond acceptors (Lipinski definition) is 7. The highest BCUT2D eigenvalue weighted by atomic mass is 35.5. The van der Waals surface area contributed by atoms with Gasteiger partial charge in [0.05, 0.1) is 11.5 Å². The predicted octanol–water partition coefficient (Wildman–Crippen LogP) is 3.80. The first-order chi connectivity index (χ1) is 14.3. The van der Waals surface area contributed by atoms with E-state index in [1.807, 2.05) is 11.9 Å². The van der Waals surface area contributed by atoms with Crippen molar-refractivity contribution in [3.63, 3.8) is 0 Å². The van der Waals surface area contributed by atoms with Crippen LogP contribution in [0.2, 0.25) is 5.02 Å². The van der Waals surface area contributed by atoms with Gasteiger partial charge in [-0.05, 0) is 36.4 Å². The summed E-state index contributed by atoms with van der Waals surface area (Å²) in [6, 6.07) is 10.1. The molecule has 11 heteroatoms. The molecule has 1 amide bonds. The van der Waals surface area contributed by atoms with Crippen molar-refractivity contribution in [1.29, 1.82) is 0 Å². The maximum atomic E-state index is 12.9. The van der Waals surface area contributed by atoms with Crippen molar-refractivity contribution in [3.05, 3.63) is 84.6 Å². The Kier molecular flexibility index (Phi) is 7.03. The van der Waals surface area contributed by atoms with Gasteiger partial charge >= 0.3 is 0 Å². The molecule has 156 valence electrons. The molecule has 0 unspecified atom stereocenters.